The van der Waals surface area contributed by atoms with Crippen molar-refractivity contribution in [2.45, 2.75) is 32.7 Å². The fourth-order valence-corrected chi connectivity index (χ4v) is 3.92. The van der Waals surface area contributed by atoms with Gasteiger partial charge < -0.3 is 10.6 Å². The van der Waals surface area contributed by atoms with E-state index in [1.165, 1.54) is 0 Å². The molecule has 0 saturated heterocycles. The normalized spacial score (nSPS) is 20.7. The Kier molecular flexibility index (Phi) is 3.91. The topological polar surface area (TPSA) is 58.2 Å². The van der Waals surface area contributed by atoms with E-state index in [-0.39, 0.29) is 17.1 Å². The third-order valence-electron chi connectivity index (χ3n) is 5.08. The highest BCUT2D eigenvalue weighted by Crippen LogP contribution is 2.45. The molecule has 0 radical (unpaired) electrons. The summed E-state index contributed by atoms with van der Waals surface area (Å²) in [7, 11) is 0. The largest absolute Gasteiger partial charge is 0.358 e. The molecule has 1 heterocycles. The van der Waals surface area contributed by atoms with Gasteiger partial charge in [-0.05, 0) is 30.0 Å². The van der Waals surface area contributed by atoms with Crippen molar-refractivity contribution in [3.05, 3.63) is 77.0 Å². The van der Waals surface area contributed by atoms with Crippen molar-refractivity contribution in [2.75, 3.05) is 5.32 Å². The summed E-state index contributed by atoms with van der Waals surface area (Å²) in [6.45, 7) is 4.21. The van der Waals surface area contributed by atoms with E-state index in [0.29, 0.717) is 17.6 Å². The highest BCUT2D eigenvalue weighted by Gasteiger charge is 2.40. The smallest absolute Gasteiger partial charge is 0.252 e. The van der Waals surface area contributed by atoms with Crippen molar-refractivity contribution in [1.29, 1.82) is 0 Å². The zero-order valence-electron chi connectivity index (χ0n) is 15.0. The molecule has 0 saturated carbocycles. The summed E-state index contributed by atoms with van der Waals surface area (Å²) in [5, 5.41) is 6.53. The molecule has 1 aliphatic heterocycles. The predicted molar refractivity (Wildman–Crippen MR) is 102 cm³/mol. The third-order valence-corrected chi connectivity index (χ3v) is 5.08. The second-order valence-corrected chi connectivity index (χ2v) is 7.82. The lowest BCUT2D eigenvalue weighted by Crippen LogP contribution is -2.40. The van der Waals surface area contributed by atoms with Crippen LogP contribution in [0.5, 0.6) is 0 Å². The van der Waals surface area contributed by atoms with Crippen LogP contribution in [0.1, 0.15) is 48.7 Å². The molecular formula is C22H22N2O2. The predicted octanol–water partition coefficient (Wildman–Crippen LogP) is 4.23. The van der Waals surface area contributed by atoms with Gasteiger partial charge in [-0.15, -0.1) is 0 Å². The Morgan fingerprint density at radius 3 is 2.50 bits per heavy atom. The van der Waals surface area contributed by atoms with Crippen LogP contribution in [0.4, 0.5) is 5.69 Å². The van der Waals surface area contributed by atoms with Gasteiger partial charge in [0.05, 0.1) is 6.04 Å². The fraction of sp³-hybridized carbons (Fsp3) is 0.273. The first-order valence-corrected chi connectivity index (χ1v) is 8.93. The van der Waals surface area contributed by atoms with Crippen LogP contribution in [-0.4, -0.2) is 11.7 Å². The number of anilines is 1. The van der Waals surface area contributed by atoms with Crippen molar-refractivity contribution in [1.82, 2.24) is 5.32 Å². The standard InChI is InChI=1S/C22H22N2O2/c1-22(2)12-17-19(18(25)13-22)20(15-10-6-7-11-16(15)23-17)24-21(26)14-8-4-3-5-9-14/h3-11,20,23H,12-13H2,1-2H3,(H,24,26)/t20-/m0/s1. The Morgan fingerprint density at radius 2 is 1.73 bits per heavy atom. The lowest BCUT2D eigenvalue weighted by molar-refractivity contribution is -0.118. The maximum absolute atomic E-state index is 12.9. The van der Waals surface area contributed by atoms with Gasteiger partial charge in [-0.25, -0.2) is 0 Å². The quantitative estimate of drug-likeness (QED) is 0.856. The number of allylic oxidation sites excluding steroid dienone is 1. The minimum Gasteiger partial charge on any atom is -0.358 e. The van der Waals surface area contributed by atoms with Crippen LogP contribution < -0.4 is 10.6 Å². The number of para-hydroxylation sites is 1. The molecule has 4 heteroatoms. The summed E-state index contributed by atoms with van der Waals surface area (Å²) in [4.78, 5) is 25.7. The number of amides is 1. The molecule has 4 rings (SSSR count). The van der Waals surface area contributed by atoms with E-state index in [1.54, 1.807) is 12.1 Å². The van der Waals surface area contributed by atoms with Crippen molar-refractivity contribution in [2.24, 2.45) is 5.41 Å². The average Bonchev–Trinajstić information content (AvgIpc) is 2.60. The maximum atomic E-state index is 12.9. The van der Waals surface area contributed by atoms with Crippen LogP contribution in [0.15, 0.2) is 65.9 Å². The van der Waals surface area contributed by atoms with Gasteiger partial charge in [0, 0.05) is 34.5 Å². The van der Waals surface area contributed by atoms with Gasteiger partial charge in [0.15, 0.2) is 5.78 Å². The van der Waals surface area contributed by atoms with Crippen molar-refractivity contribution in [3.63, 3.8) is 0 Å². The summed E-state index contributed by atoms with van der Waals surface area (Å²) >= 11 is 0. The third kappa shape index (κ3) is 2.92. The maximum Gasteiger partial charge on any atom is 0.252 e. The van der Waals surface area contributed by atoms with E-state index in [1.807, 2.05) is 42.5 Å². The number of carbonyl (C=O) groups is 2. The van der Waals surface area contributed by atoms with E-state index in [9.17, 15) is 9.59 Å². The first-order valence-electron chi connectivity index (χ1n) is 8.93. The molecule has 1 aliphatic carbocycles. The van der Waals surface area contributed by atoms with Crippen LogP contribution in [0.25, 0.3) is 0 Å². The molecule has 2 aliphatic rings. The average molecular weight is 346 g/mol. The molecule has 0 bridgehead atoms. The Labute approximate surface area is 153 Å². The molecule has 1 amide bonds. The van der Waals surface area contributed by atoms with E-state index in [4.69, 9.17) is 0 Å². The number of carbonyl (C=O) groups excluding carboxylic acids is 2. The summed E-state index contributed by atoms with van der Waals surface area (Å²) < 4.78 is 0. The number of fused-ring (bicyclic) bond motifs is 1. The zero-order chi connectivity index (χ0) is 18.3. The van der Waals surface area contributed by atoms with Crippen molar-refractivity contribution >= 4 is 17.4 Å². The van der Waals surface area contributed by atoms with Gasteiger partial charge >= 0.3 is 0 Å². The van der Waals surface area contributed by atoms with E-state index < -0.39 is 6.04 Å². The minimum absolute atomic E-state index is 0.0802. The molecule has 0 fully saturated rings. The van der Waals surface area contributed by atoms with E-state index in [2.05, 4.69) is 24.5 Å². The first kappa shape index (κ1) is 16.6. The molecule has 4 nitrogen and oxygen atoms in total. The summed E-state index contributed by atoms with van der Waals surface area (Å²) in [6, 6.07) is 16.6. The van der Waals surface area contributed by atoms with Crippen LogP contribution in [0.3, 0.4) is 0 Å². The van der Waals surface area contributed by atoms with E-state index in [0.717, 1.165) is 23.4 Å². The number of nitrogens with one attached hydrogen (secondary N) is 2. The van der Waals surface area contributed by atoms with Crippen LogP contribution in [0.2, 0.25) is 0 Å². The highest BCUT2D eigenvalue weighted by atomic mass is 16.2. The number of hydrogen-bond acceptors (Lipinski definition) is 3. The SMILES string of the molecule is CC1(C)CC(=O)C2=C(C1)Nc1ccccc1[C@@H]2NC(=O)c1ccccc1. The Bertz CT molecular complexity index is 913. The van der Waals surface area contributed by atoms with Crippen molar-refractivity contribution in [3.8, 4) is 0 Å². The molecule has 2 aromatic rings. The molecule has 2 N–H and O–H groups in total. The second kappa shape index (κ2) is 6.13. The molecule has 132 valence electrons. The number of ketones is 1. The van der Waals surface area contributed by atoms with Gasteiger partial charge in [0.25, 0.3) is 5.91 Å². The number of hydrogen-bond donors (Lipinski definition) is 2. The second-order valence-electron chi connectivity index (χ2n) is 7.82. The van der Waals surface area contributed by atoms with Crippen LogP contribution >= 0.6 is 0 Å². The lowest BCUT2D eigenvalue weighted by Gasteiger charge is -2.39. The minimum atomic E-state index is -0.418. The molecule has 1 atom stereocenters. The molecular weight excluding hydrogens is 324 g/mol. The molecule has 0 unspecified atom stereocenters. The van der Waals surface area contributed by atoms with Crippen molar-refractivity contribution < 1.29 is 9.59 Å². The number of rotatable bonds is 2. The van der Waals surface area contributed by atoms with Gasteiger partial charge in [-0.3, -0.25) is 9.59 Å². The van der Waals surface area contributed by atoms with Gasteiger partial charge in [-0.1, -0.05) is 50.2 Å². The van der Waals surface area contributed by atoms with Gasteiger partial charge in [0.1, 0.15) is 0 Å². The Hall–Kier alpha value is -2.88. The van der Waals surface area contributed by atoms with E-state index >= 15 is 0 Å². The number of benzene rings is 2. The van der Waals surface area contributed by atoms with Crippen LogP contribution in [-0.2, 0) is 4.79 Å². The number of Topliss-reactive ketones (excluding diaryl/α,β-unsaturated/α-hetero) is 1. The summed E-state index contributed by atoms with van der Waals surface area (Å²) in [6.07, 6.45) is 1.29. The summed E-state index contributed by atoms with van der Waals surface area (Å²) in [5.74, 6) is -0.0617. The lowest BCUT2D eigenvalue weighted by atomic mass is 9.72. The fourth-order valence-electron chi connectivity index (χ4n) is 3.92. The molecule has 0 spiro atoms. The van der Waals surface area contributed by atoms with Crippen LogP contribution in [0, 0.1) is 5.41 Å². The molecule has 0 aromatic heterocycles. The zero-order valence-corrected chi connectivity index (χ0v) is 15.0. The molecule has 26 heavy (non-hydrogen) atoms. The van der Waals surface area contributed by atoms with Gasteiger partial charge in [0.2, 0.25) is 0 Å². The highest BCUT2D eigenvalue weighted by molar-refractivity contribution is 6.02. The Morgan fingerprint density at radius 1 is 1.04 bits per heavy atom. The first-order chi connectivity index (χ1) is 12.4. The molecule has 2 aromatic carbocycles. The monoisotopic (exact) mass is 346 g/mol. The van der Waals surface area contributed by atoms with Gasteiger partial charge in [-0.2, -0.15) is 0 Å². The Balaban J connectivity index is 1.76. The summed E-state index contributed by atoms with van der Waals surface area (Å²) in [5.41, 5.74) is 4.03.